The molecule has 84 valence electrons. The lowest BCUT2D eigenvalue weighted by Gasteiger charge is -1.96. The van der Waals surface area contributed by atoms with Gasteiger partial charge in [0.2, 0.25) is 5.13 Å². The highest BCUT2D eigenvalue weighted by atomic mass is 32.2. The molecule has 0 aliphatic carbocycles. The maximum atomic E-state index is 5.26. The zero-order valence-corrected chi connectivity index (χ0v) is 10.4. The van der Waals surface area contributed by atoms with Crippen molar-refractivity contribution in [3.63, 3.8) is 0 Å². The molecule has 0 amide bonds. The van der Waals surface area contributed by atoms with E-state index in [9.17, 15) is 0 Å². The van der Waals surface area contributed by atoms with Gasteiger partial charge in [0.15, 0.2) is 5.96 Å². The molecular weight excluding hydrogens is 228 g/mol. The molecule has 1 rings (SSSR count). The molecule has 15 heavy (non-hydrogen) atoms. The van der Waals surface area contributed by atoms with Gasteiger partial charge in [-0.05, 0) is 12.2 Å². The summed E-state index contributed by atoms with van der Waals surface area (Å²) in [5.74, 6) is 2.19. The number of thiazole rings is 1. The predicted octanol–water partition coefficient (Wildman–Crippen LogP) is 2.08. The molecule has 0 bridgehead atoms. The Hall–Kier alpha value is -0.750. The van der Waals surface area contributed by atoms with Gasteiger partial charge in [-0.3, -0.25) is 0 Å². The third-order valence-corrected chi connectivity index (χ3v) is 3.52. The summed E-state index contributed by atoms with van der Waals surface area (Å²) in [5, 5.41) is 2.64. The van der Waals surface area contributed by atoms with Crippen molar-refractivity contribution in [2.75, 3.05) is 5.75 Å². The number of hydrogen-bond acceptors (Lipinski definition) is 4. The van der Waals surface area contributed by atoms with Crippen molar-refractivity contribution < 1.29 is 0 Å². The van der Waals surface area contributed by atoms with Gasteiger partial charge in [-0.1, -0.05) is 13.3 Å². The van der Waals surface area contributed by atoms with Gasteiger partial charge in [-0.15, -0.1) is 11.3 Å². The Morgan fingerprint density at radius 2 is 2.40 bits per heavy atom. The molecule has 4 N–H and O–H groups in total. The van der Waals surface area contributed by atoms with E-state index < -0.39 is 0 Å². The molecule has 1 aromatic heterocycles. The average Bonchev–Trinajstić information content (AvgIpc) is 2.59. The summed E-state index contributed by atoms with van der Waals surface area (Å²) in [4.78, 5) is 8.19. The fraction of sp³-hybridized carbons (Fsp3) is 0.556. The molecule has 0 atom stereocenters. The zero-order valence-electron chi connectivity index (χ0n) is 8.77. The van der Waals surface area contributed by atoms with E-state index in [1.54, 1.807) is 0 Å². The molecule has 1 aromatic rings. The molecule has 0 unspecified atom stereocenters. The van der Waals surface area contributed by atoms with E-state index in [1.165, 1.54) is 29.9 Å². The molecule has 0 radical (unpaired) electrons. The number of unbranched alkanes of at least 4 members (excludes halogenated alkanes) is 1. The van der Waals surface area contributed by atoms with Crippen molar-refractivity contribution in [1.29, 1.82) is 0 Å². The quantitative estimate of drug-likeness (QED) is 0.456. The Kier molecular flexibility index (Phi) is 5.49. The van der Waals surface area contributed by atoms with Crippen molar-refractivity contribution >= 4 is 34.2 Å². The Morgan fingerprint density at radius 3 is 3.07 bits per heavy atom. The summed E-state index contributed by atoms with van der Waals surface area (Å²) >= 11 is 3.37. The summed E-state index contributed by atoms with van der Waals surface area (Å²) in [5.41, 5.74) is 11.6. The molecule has 0 aliphatic heterocycles. The van der Waals surface area contributed by atoms with Crippen molar-refractivity contribution in [3.8, 4) is 0 Å². The molecule has 0 aliphatic rings. The van der Waals surface area contributed by atoms with Crippen molar-refractivity contribution in [3.05, 3.63) is 11.1 Å². The van der Waals surface area contributed by atoms with Crippen LogP contribution in [0.3, 0.4) is 0 Å². The number of aromatic nitrogens is 1. The number of rotatable bonds is 6. The van der Waals surface area contributed by atoms with E-state index in [-0.39, 0.29) is 5.96 Å². The first-order valence-corrected chi connectivity index (χ1v) is 6.87. The predicted molar refractivity (Wildman–Crippen MR) is 68.7 cm³/mol. The van der Waals surface area contributed by atoms with Crippen LogP contribution in [-0.2, 0) is 5.75 Å². The SMILES string of the molecule is CCCCSCc1csc(N=C(N)N)n1. The van der Waals surface area contributed by atoms with Crippen molar-refractivity contribution in [2.24, 2.45) is 16.5 Å². The van der Waals surface area contributed by atoms with Crippen molar-refractivity contribution in [2.45, 2.75) is 25.5 Å². The van der Waals surface area contributed by atoms with Crippen LogP contribution in [0, 0.1) is 0 Å². The summed E-state index contributed by atoms with van der Waals surface area (Å²) in [6.07, 6.45) is 2.50. The van der Waals surface area contributed by atoms with Crippen LogP contribution in [0.5, 0.6) is 0 Å². The largest absolute Gasteiger partial charge is 0.370 e. The Balaban J connectivity index is 2.36. The van der Waals surface area contributed by atoms with Crippen LogP contribution < -0.4 is 11.5 Å². The molecule has 0 fully saturated rings. The van der Waals surface area contributed by atoms with Gasteiger partial charge >= 0.3 is 0 Å². The summed E-state index contributed by atoms with van der Waals surface area (Å²) in [6.45, 7) is 2.19. The Bertz CT molecular complexity index is 318. The van der Waals surface area contributed by atoms with Crippen LogP contribution in [0.15, 0.2) is 10.4 Å². The minimum atomic E-state index is 0.0644. The van der Waals surface area contributed by atoms with E-state index >= 15 is 0 Å². The van der Waals surface area contributed by atoms with Gasteiger partial charge in [0.05, 0.1) is 5.69 Å². The highest BCUT2D eigenvalue weighted by Crippen LogP contribution is 2.21. The maximum Gasteiger partial charge on any atom is 0.212 e. The summed E-state index contributed by atoms with van der Waals surface area (Å²) in [6, 6.07) is 0. The summed E-state index contributed by atoms with van der Waals surface area (Å²) < 4.78 is 0. The first-order chi connectivity index (χ1) is 7.22. The van der Waals surface area contributed by atoms with Gasteiger partial charge in [-0.2, -0.15) is 16.8 Å². The van der Waals surface area contributed by atoms with Crippen LogP contribution in [-0.4, -0.2) is 16.7 Å². The second-order valence-electron chi connectivity index (χ2n) is 3.06. The molecule has 0 saturated heterocycles. The lowest BCUT2D eigenvalue weighted by Crippen LogP contribution is -2.21. The van der Waals surface area contributed by atoms with Crippen LogP contribution in [0.25, 0.3) is 0 Å². The van der Waals surface area contributed by atoms with Crippen LogP contribution in [0.1, 0.15) is 25.5 Å². The van der Waals surface area contributed by atoms with Gasteiger partial charge < -0.3 is 11.5 Å². The number of aliphatic imine (C=N–C) groups is 1. The third-order valence-electron chi connectivity index (χ3n) is 1.66. The molecule has 0 spiro atoms. The number of guanidine groups is 1. The maximum absolute atomic E-state index is 5.26. The molecule has 0 saturated carbocycles. The van der Waals surface area contributed by atoms with E-state index in [4.69, 9.17) is 11.5 Å². The summed E-state index contributed by atoms with van der Waals surface area (Å²) in [7, 11) is 0. The topological polar surface area (TPSA) is 77.3 Å². The molecular formula is C9H16N4S2. The minimum absolute atomic E-state index is 0.0644. The van der Waals surface area contributed by atoms with Crippen LogP contribution >= 0.6 is 23.1 Å². The average molecular weight is 244 g/mol. The van der Waals surface area contributed by atoms with Crippen molar-refractivity contribution in [1.82, 2.24) is 4.98 Å². The van der Waals surface area contributed by atoms with Gasteiger partial charge in [0, 0.05) is 11.1 Å². The van der Waals surface area contributed by atoms with Crippen LogP contribution in [0.2, 0.25) is 0 Å². The second kappa shape index (κ2) is 6.68. The zero-order chi connectivity index (χ0) is 11.1. The monoisotopic (exact) mass is 244 g/mol. The fourth-order valence-corrected chi connectivity index (χ4v) is 2.75. The minimum Gasteiger partial charge on any atom is -0.370 e. The third kappa shape index (κ3) is 5.03. The van der Waals surface area contributed by atoms with E-state index in [2.05, 4.69) is 16.9 Å². The Labute approximate surface area is 98.2 Å². The standard InChI is InChI=1S/C9H16N4S2/c1-2-3-4-14-5-7-6-15-9(12-7)13-8(10)11/h6H,2-5H2,1H3,(H4,10,11,12,13). The first kappa shape index (κ1) is 12.3. The van der Waals surface area contributed by atoms with Gasteiger partial charge in [-0.25, -0.2) is 4.98 Å². The van der Waals surface area contributed by atoms with E-state index in [0.29, 0.717) is 5.13 Å². The molecule has 1 heterocycles. The smallest absolute Gasteiger partial charge is 0.212 e. The number of nitrogens with two attached hydrogens (primary N) is 2. The van der Waals surface area contributed by atoms with E-state index in [0.717, 1.165) is 11.4 Å². The fourth-order valence-electron chi connectivity index (χ4n) is 0.948. The van der Waals surface area contributed by atoms with E-state index in [1.807, 2.05) is 17.1 Å². The molecule has 6 heteroatoms. The number of hydrogen-bond donors (Lipinski definition) is 2. The molecule has 0 aromatic carbocycles. The first-order valence-electron chi connectivity index (χ1n) is 4.84. The van der Waals surface area contributed by atoms with Gasteiger partial charge in [0.1, 0.15) is 0 Å². The number of thioether (sulfide) groups is 1. The highest BCUT2D eigenvalue weighted by Gasteiger charge is 2.00. The second-order valence-corrected chi connectivity index (χ2v) is 5.01. The highest BCUT2D eigenvalue weighted by molar-refractivity contribution is 7.98. The lowest BCUT2D eigenvalue weighted by atomic mass is 10.4. The van der Waals surface area contributed by atoms with Crippen LogP contribution in [0.4, 0.5) is 5.13 Å². The lowest BCUT2D eigenvalue weighted by molar-refractivity contribution is 0.896. The Morgan fingerprint density at radius 1 is 1.60 bits per heavy atom. The number of nitrogens with zero attached hydrogens (tertiary/aromatic N) is 2. The van der Waals surface area contributed by atoms with Gasteiger partial charge in [0.25, 0.3) is 0 Å². The normalized spacial score (nSPS) is 10.2. The molecule has 4 nitrogen and oxygen atoms in total.